The number of aliphatic carboxylic acids is 1. The third-order valence-corrected chi connectivity index (χ3v) is 3.65. The maximum absolute atomic E-state index is 12.1. The second-order valence-electron chi connectivity index (χ2n) is 5.42. The number of amides is 2. The highest BCUT2D eigenvalue weighted by Crippen LogP contribution is 2.26. The molecule has 2 rings (SSSR count). The van der Waals surface area contributed by atoms with Gasteiger partial charge in [-0.3, -0.25) is 9.89 Å². The number of urea groups is 1. The Hall–Kier alpha value is -2.05. The molecule has 1 saturated carbocycles. The molecule has 0 aliphatic heterocycles. The largest absolute Gasteiger partial charge is 0.481 e. The molecule has 1 aromatic rings. The van der Waals surface area contributed by atoms with E-state index in [-0.39, 0.29) is 25.0 Å². The topological polar surface area (TPSA) is 98.3 Å². The second kappa shape index (κ2) is 7.10. The zero-order valence-corrected chi connectivity index (χ0v) is 12.3. The third-order valence-electron chi connectivity index (χ3n) is 3.65. The first-order valence-electron chi connectivity index (χ1n) is 7.33. The highest BCUT2D eigenvalue weighted by atomic mass is 16.4. The number of carboxylic acids is 1. The summed E-state index contributed by atoms with van der Waals surface area (Å²) >= 11 is 0. The van der Waals surface area contributed by atoms with E-state index < -0.39 is 5.97 Å². The van der Waals surface area contributed by atoms with E-state index >= 15 is 0 Å². The fraction of sp³-hybridized carbons (Fsp3) is 0.643. The number of carbonyl (C=O) groups excluding carboxylic acids is 1. The summed E-state index contributed by atoms with van der Waals surface area (Å²) in [6.07, 6.45) is 5.45. The molecule has 2 amide bonds. The molecule has 0 atom stereocenters. The van der Waals surface area contributed by atoms with Crippen LogP contribution < -0.4 is 5.32 Å². The Balaban J connectivity index is 1.69. The van der Waals surface area contributed by atoms with Gasteiger partial charge < -0.3 is 15.3 Å². The lowest BCUT2D eigenvalue weighted by molar-refractivity contribution is -0.137. The molecular weight excluding hydrogens is 272 g/mol. The van der Waals surface area contributed by atoms with Gasteiger partial charge in [-0.25, -0.2) is 4.79 Å². The summed E-state index contributed by atoms with van der Waals surface area (Å²) in [5, 5.41) is 18.4. The van der Waals surface area contributed by atoms with E-state index in [0.29, 0.717) is 6.54 Å². The molecule has 1 heterocycles. The lowest BCUT2D eigenvalue weighted by Crippen LogP contribution is -2.42. The van der Waals surface area contributed by atoms with Crippen LogP contribution in [0.1, 0.15) is 36.9 Å². The second-order valence-corrected chi connectivity index (χ2v) is 5.42. The summed E-state index contributed by atoms with van der Waals surface area (Å²) in [7, 11) is 0. The molecular formula is C14H22N4O3. The smallest absolute Gasteiger partial charge is 0.317 e. The van der Waals surface area contributed by atoms with Crippen molar-refractivity contribution in [2.45, 2.75) is 45.1 Å². The van der Waals surface area contributed by atoms with Gasteiger partial charge in [0.05, 0.1) is 12.6 Å². The van der Waals surface area contributed by atoms with Crippen molar-refractivity contribution in [3.05, 3.63) is 17.5 Å². The van der Waals surface area contributed by atoms with Crippen molar-refractivity contribution in [1.82, 2.24) is 20.4 Å². The number of rotatable bonds is 8. The van der Waals surface area contributed by atoms with Gasteiger partial charge >= 0.3 is 12.0 Å². The van der Waals surface area contributed by atoms with Crippen molar-refractivity contribution in [1.29, 1.82) is 0 Å². The minimum absolute atomic E-state index is 0.00185. The first-order valence-corrected chi connectivity index (χ1v) is 7.33. The summed E-state index contributed by atoms with van der Waals surface area (Å²) in [5.74, 6) is -0.871. The number of H-pyrrole nitrogens is 1. The third kappa shape index (κ3) is 4.77. The van der Waals surface area contributed by atoms with E-state index in [9.17, 15) is 9.59 Å². The molecule has 7 heteroatoms. The first kappa shape index (κ1) is 15.3. The maximum Gasteiger partial charge on any atom is 0.317 e. The first-order chi connectivity index (χ1) is 10.1. The lowest BCUT2D eigenvalue weighted by atomic mass is 10.1. The van der Waals surface area contributed by atoms with Crippen LogP contribution in [-0.4, -0.2) is 51.3 Å². The van der Waals surface area contributed by atoms with Crippen molar-refractivity contribution in [3.63, 3.8) is 0 Å². The molecule has 0 aromatic carbocycles. The number of aromatic nitrogens is 2. The molecule has 1 aliphatic rings. The van der Waals surface area contributed by atoms with Gasteiger partial charge in [-0.2, -0.15) is 5.10 Å². The van der Waals surface area contributed by atoms with Crippen LogP contribution in [0.4, 0.5) is 4.79 Å². The molecule has 0 saturated heterocycles. The number of carboxylic acid groups (broad SMARTS) is 1. The van der Waals surface area contributed by atoms with Crippen molar-refractivity contribution in [2.24, 2.45) is 0 Å². The number of hydrogen-bond acceptors (Lipinski definition) is 3. The molecule has 1 aromatic heterocycles. The number of nitrogens with zero attached hydrogens (tertiary/aromatic N) is 2. The molecule has 0 radical (unpaired) electrons. The van der Waals surface area contributed by atoms with Gasteiger partial charge in [-0.05, 0) is 38.2 Å². The molecule has 21 heavy (non-hydrogen) atoms. The molecule has 0 spiro atoms. The number of aromatic amines is 1. The Labute approximate surface area is 123 Å². The van der Waals surface area contributed by atoms with Crippen LogP contribution in [0.5, 0.6) is 0 Å². The number of aryl methyl sites for hydroxylation is 2. The van der Waals surface area contributed by atoms with E-state index in [4.69, 9.17) is 5.11 Å². The average molecular weight is 294 g/mol. The zero-order valence-electron chi connectivity index (χ0n) is 12.3. The quantitative estimate of drug-likeness (QED) is 0.629. The van der Waals surface area contributed by atoms with Gasteiger partial charge in [0.2, 0.25) is 0 Å². The summed E-state index contributed by atoms with van der Waals surface area (Å²) in [4.78, 5) is 24.3. The molecule has 3 N–H and O–H groups in total. The van der Waals surface area contributed by atoms with Crippen LogP contribution >= 0.6 is 0 Å². The maximum atomic E-state index is 12.1. The fourth-order valence-corrected chi connectivity index (χ4v) is 2.26. The number of hydrogen-bond donors (Lipinski definition) is 3. The van der Waals surface area contributed by atoms with Crippen molar-refractivity contribution >= 4 is 12.0 Å². The molecule has 0 unspecified atom stereocenters. The minimum atomic E-state index is -0.871. The van der Waals surface area contributed by atoms with Crippen LogP contribution in [0.3, 0.4) is 0 Å². The predicted octanol–water partition coefficient (Wildman–Crippen LogP) is 1.30. The molecule has 1 fully saturated rings. The normalized spacial score (nSPS) is 14.0. The van der Waals surface area contributed by atoms with Crippen LogP contribution in [0.25, 0.3) is 0 Å². The van der Waals surface area contributed by atoms with E-state index in [1.54, 1.807) is 11.1 Å². The Bertz CT molecular complexity index is 496. The van der Waals surface area contributed by atoms with Crippen LogP contribution in [0.15, 0.2) is 6.20 Å². The standard InChI is InChI=1S/C14H22N4O3/c1-10-11(9-16-17-10)3-2-7-15-14(21)18(12-4-5-12)8-6-13(19)20/h9,12H,2-8H2,1H3,(H,15,21)(H,16,17)(H,19,20). The number of carbonyl (C=O) groups is 2. The lowest BCUT2D eigenvalue weighted by Gasteiger charge is -2.22. The Morgan fingerprint density at radius 3 is 2.86 bits per heavy atom. The Kier molecular flexibility index (Phi) is 5.19. The van der Waals surface area contributed by atoms with Gasteiger partial charge in [0, 0.05) is 24.8 Å². The number of nitrogens with one attached hydrogen (secondary N) is 2. The molecule has 7 nitrogen and oxygen atoms in total. The van der Waals surface area contributed by atoms with Crippen LogP contribution in [0, 0.1) is 6.92 Å². The molecule has 1 aliphatic carbocycles. The minimum Gasteiger partial charge on any atom is -0.481 e. The van der Waals surface area contributed by atoms with Crippen LogP contribution in [-0.2, 0) is 11.2 Å². The van der Waals surface area contributed by atoms with Gasteiger partial charge in [-0.15, -0.1) is 0 Å². The van der Waals surface area contributed by atoms with Crippen molar-refractivity contribution < 1.29 is 14.7 Å². The predicted molar refractivity (Wildman–Crippen MR) is 77.0 cm³/mol. The zero-order chi connectivity index (χ0) is 15.2. The van der Waals surface area contributed by atoms with E-state index in [1.807, 2.05) is 6.92 Å². The Morgan fingerprint density at radius 1 is 1.52 bits per heavy atom. The van der Waals surface area contributed by atoms with Crippen molar-refractivity contribution in [3.8, 4) is 0 Å². The van der Waals surface area contributed by atoms with Crippen LogP contribution in [0.2, 0.25) is 0 Å². The fourth-order valence-electron chi connectivity index (χ4n) is 2.26. The average Bonchev–Trinajstić information content (AvgIpc) is 3.18. The highest BCUT2D eigenvalue weighted by molar-refractivity contribution is 5.76. The summed E-state index contributed by atoms with van der Waals surface area (Å²) < 4.78 is 0. The van der Waals surface area contributed by atoms with Crippen molar-refractivity contribution in [2.75, 3.05) is 13.1 Å². The molecule has 0 bridgehead atoms. The molecule has 116 valence electrons. The SMILES string of the molecule is Cc1[nH]ncc1CCCNC(=O)N(CCC(=O)O)C1CC1. The summed E-state index contributed by atoms with van der Waals surface area (Å²) in [6.45, 7) is 2.84. The summed E-state index contributed by atoms with van der Waals surface area (Å²) in [5.41, 5.74) is 2.22. The Morgan fingerprint density at radius 2 is 2.29 bits per heavy atom. The van der Waals surface area contributed by atoms with Gasteiger partial charge in [-0.1, -0.05) is 0 Å². The van der Waals surface area contributed by atoms with E-state index in [0.717, 1.165) is 36.9 Å². The van der Waals surface area contributed by atoms with E-state index in [2.05, 4.69) is 15.5 Å². The van der Waals surface area contributed by atoms with Gasteiger partial charge in [0.25, 0.3) is 0 Å². The van der Waals surface area contributed by atoms with Gasteiger partial charge in [0.15, 0.2) is 0 Å². The monoisotopic (exact) mass is 294 g/mol. The highest BCUT2D eigenvalue weighted by Gasteiger charge is 2.32. The van der Waals surface area contributed by atoms with Gasteiger partial charge in [0.1, 0.15) is 0 Å². The summed E-state index contributed by atoms with van der Waals surface area (Å²) in [6, 6.07) is 0.0723. The van der Waals surface area contributed by atoms with E-state index in [1.165, 1.54) is 0 Å².